The average molecular weight is 722 g/mol. The van der Waals surface area contributed by atoms with Crippen molar-refractivity contribution >= 4 is 39.0 Å². The van der Waals surface area contributed by atoms with Gasteiger partial charge in [-0.25, -0.2) is 4.99 Å². The third kappa shape index (κ3) is 5.47. The second-order valence-corrected chi connectivity index (χ2v) is 14.8. The molecule has 0 saturated heterocycles. The molecule has 3 heterocycles. The minimum absolute atomic E-state index is 0.127. The molecule has 2 aliphatic heterocycles. The van der Waals surface area contributed by atoms with Gasteiger partial charge in [0.25, 0.3) is 0 Å². The van der Waals surface area contributed by atoms with Gasteiger partial charge in [0.05, 0.1) is 17.1 Å². The van der Waals surface area contributed by atoms with Gasteiger partial charge in [0, 0.05) is 39.3 Å². The van der Waals surface area contributed by atoms with Crippen molar-refractivity contribution in [2.75, 3.05) is 4.90 Å². The van der Waals surface area contributed by atoms with E-state index in [1.165, 1.54) is 49.9 Å². The average Bonchev–Trinajstić information content (AvgIpc) is 3.78. The van der Waals surface area contributed by atoms with Crippen molar-refractivity contribution in [3.63, 3.8) is 0 Å². The highest BCUT2D eigenvalue weighted by Gasteiger charge is 2.38. The van der Waals surface area contributed by atoms with Crippen LogP contribution in [0, 0.1) is 0 Å². The van der Waals surface area contributed by atoms with Gasteiger partial charge in [-0.3, -0.25) is 5.32 Å². The maximum absolute atomic E-state index is 5.35. The molecular formula is C51H39N5. The van der Waals surface area contributed by atoms with Gasteiger partial charge in [-0.1, -0.05) is 158 Å². The summed E-state index contributed by atoms with van der Waals surface area (Å²) < 4.78 is 2.44. The third-order valence-electron chi connectivity index (χ3n) is 11.6. The standard InChI is InChI=1S/C51H39N5/c1-4-15-34(16-5-1)35-27-29-37(30-28-35)50-52-49(36-17-6-2-7-18-36)53-51(54-50)38-19-14-22-40(31-38)56-46-26-13-11-24-42(46)44-32-43-41-23-10-12-25-45(41)55(47(43)33-48(44)56)39-20-8-3-9-21-39/h1-33,41,45,49,51,53H,(H,52,54). The number of aliphatic imine (C=N–C) groups is 1. The lowest BCUT2D eigenvalue weighted by Crippen LogP contribution is -2.44. The van der Waals surface area contributed by atoms with Crippen LogP contribution in [0.25, 0.3) is 38.6 Å². The number of amidine groups is 1. The maximum Gasteiger partial charge on any atom is 0.131 e. The van der Waals surface area contributed by atoms with Crippen molar-refractivity contribution in [1.29, 1.82) is 0 Å². The first-order valence-electron chi connectivity index (χ1n) is 19.4. The van der Waals surface area contributed by atoms with Crippen molar-refractivity contribution in [1.82, 2.24) is 15.2 Å². The number of nitrogens with zero attached hydrogens (tertiary/aromatic N) is 3. The number of aromatic nitrogens is 1. The van der Waals surface area contributed by atoms with Gasteiger partial charge in [0.15, 0.2) is 0 Å². The van der Waals surface area contributed by atoms with Gasteiger partial charge in [0.1, 0.15) is 18.2 Å². The van der Waals surface area contributed by atoms with Crippen molar-refractivity contribution in [2.24, 2.45) is 4.99 Å². The zero-order valence-corrected chi connectivity index (χ0v) is 30.7. The van der Waals surface area contributed by atoms with Gasteiger partial charge in [-0.2, -0.15) is 0 Å². The van der Waals surface area contributed by atoms with Crippen molar-refractivity contribution < 1.29 is 0 Å². The molecule has 2 N–H and O–H groups in total. The highest BCUT2D eigenvalue weighted by Crippen LogP contribution is 2.50. The Kier molecular flexibility index (Phi) is 7.78. The Balaban J connectivity index is 1.03. The minimum Gasteiger partial charge on any atom is -0.350 e. The zero-order chi connectivity index (χ0) is 37.0. The minimum atomic E-state index is -0.280. The van der Waals surface area contributed by atoms with E-state index in [1.54, 1.807) is 0 Å². The van der Waals surface area contributed by atoms with E-state index in [1.807, 2.05) is 0 Å². The van der Waals surface area contributed by atoms with Crippen molar-refractivity contribution in [3.8, 4) is 16.8 Å². The lowest BCUT2D eigenvalue weighted by molar-refractivity contribution is 0.409. The normalized spacial score (nSPS) is 19.8. The third-order valence-corrected chi connectivity index (χ3v) is 11.6. The predicted octanol–water partition coefficient (Wildman–Crippen LogP) is 11.5. The molecule has 0 bridgehead atoms. The summed E-state index contributed by atoms with van der Waals surface area (Å²) in [5.74, 6) is 1.15. The fraction of sp³-hybridized carbons (Fsp3) is 0.0784. The second-order valence-electron chi connectivity index (χ2n) is 14.8. The lowest BCUT2D eigenvalue weighted by Gasteiger charge is -2.32. The summed E-state index contributed by atoms with van der Waals surface area (Å²) in [6.45, 7) is 0. The second kappa shape index (κ2) is 13.4. The zero-order valence-electron chi connectivity index (χ0n) is 30.7. The van der Waals surface area contributed by atoms with Crippen molar-refractivity contribution in [3.05, 3.63) is 222 Å². The molecule has 56 heavy (non-hydrogen) atoms. The molecule has 11 rings (SSSR count). The largest absolute Gasteiger partial charge is 0.350 e. The van der Waals surface area contributed by atoms with Crippen LogP contribution in [-0.2, 0) is 0 Å². The van der Waals surface area contributed by atoms with Crippen LogP contribution in [0.5, 0.6) is 0 Å². The first-order valence-corrected chi connectivity index (χ1v) is 19.4. The quantitative estimate of drug-likeness (QED) is 0.180. The Hall–Kier alpha value is -6.95. The molecule has 5 nitrogen and oxygen atoms in total. The summed E-state index contributed by atoms with van der Waals surface area (Å²) in [6.07, 6.45) is 8.69. The van der Waals surface area contributed by atoms with E-state index in [2.05, 4.69) is 220 Å². The molecule has 0 saturated carbocycles. The van der Waals surface area contributed by atoms with Gasteiger partial charge in [-0.05, 0) is 70.3 Å². The smallest absolute Gasteiger partial charge is 0.131 e. The molecule has 0 fully saturated rings. The highest BCUT2D eigenvalue weighted by atomic mass is 15.3. The van der Waals surface area contributed by atoms with Crippen molar-refractivity contribution in [2.45, 2.75) is 24.3 Å². The molecule has 0 amide bonds. The van der Waals surface area contributed by atoms with E-state index in [-0.39, 0.29) is 24.3 Å². The van der Waals surface area contributed by atoms with E-state index in [0.717, 1.165) is 28.2 Å². The number of rotatable bonds is 6. The highest BCUT2D eigenvalue weighted by molar-refractivity contribution is 6.11. The van der Waals surface area contributed by atoms with E-state index >= 15 is 0 Å². The number of hydrogen-bond acceptors (Lipinski definition) is 4. The van der Waals surface area contributed by atoms with Crippen LogP contribution in [0.3, 0.4) is 0 Å². The molecule has 0 spiro atoms. The molecule has 3 aliphatic rings. The van der Waals surface area contributed by atoms with Crippen LogP contribution in [-0.4, -0.2) is 16.4 Å². The van der Waals surface area contributed by atoms with Crippen LogP contribution in [0.1, 0.15) is 40.5 Å². The molecule has 268 valence electrons. The van der Waals surface area contributed by atoms with Gasteiger partial charge in [0.2, 0.25) is 0 Å². The first-order chi connectivity index (χ1) is 27.8. The van der Waals surface area contributed by atoms with Gasteiger partial charge in [-0.15, -0.1) is 0 Å². The van der Waals surface area contributed by atoms with Gasteiger partial charge < -0.3 is 14.8 Å². The topological polar surface area (TPSA) is 44.6 Å². The number of fused-ring (bicyclic) bond motifs is 6. The fourth-order valence-corrected chi connectivity index (χ4v) is 8.94. The SMILES string of the molecule is C1=CC2c3cc4c5ccccc5n(-c5cccc(C6N=C(c7ccc(-c8ccccc8)cc7)NC(c7ccccc7)N6)c5)c4cc3N(c3ccccc3)C2C=C1. The number of hydrogen-bond donors (Lipinski definition) is 2. The Labute approximate surface area is 326 Å². The maximum atomic E-state index is 5.35. The van der Waals surface area contributed by atoms with E-state index in [9.17, 15) is 0 Å². The van der Waals surface area contributed by atoms with Crippen LogP contribution < -0.4 is 15.5 Å². The summed E-state index contributed by atoms with van der Waals surface area (Å²) in [6, 6.07) is 63.4. The van der Waals surface area contributed by atoms with E-state index in [0.29, 0.717) is 0 Å². The summed E-state index contributed by atoms with van der Waals surface area (Å²) >= 11 is 0. The number of allylic oxidation sites excluding steroid dienone is 2. The summed E-state index contributed by atoms with van der Waals surface area (Å²) in [7, 11) is 0. The summed E-state index contributed by atoms with van der Waals surface area (Å²) in [5.41, 5.74) is 13.0. The number of anilines is 2. The molecular weight excluding hydrogens is 683 g/mol. The molecule has 7 aromatic carbocycles. The fourth-order valence-electron chi connectivity index (χ4n) is 8.94. The molecule has 1 aromatic heterocycles. The Morgan fingerprint density at radius 2 is 1.16 bits per heavy atom. The monoisotopic (exact) mass is 721 g/mol. The Bertz CT molecular complexity index is 2820. The van der Waals surface area contributed by atoms with Crippen LogP contribution in [0.2, 0.25) is 0 Å². The van der Waals surface area contributed by atoms with Gasteiger partial charge >= 0.3 is 0 Å². The Morgan fingerprint density at radius 3 is 1.98 bits per heavy atom. The first kappa shape index (κ1) is 32.5. The number of benzene rings is 7. The molecule has 5 heteroatoms. The molecule has 0 radical (unpaired) electrons. The van der Waals surface area contributed by atoms with Crippen LogP contribution in [0.15, 0.2) is 205 Å². The van der Waals surface area contributed by atoms with Crippen LogP contribution >= 0.6 is 0 Å². The molecule has 8 aromatic rings. The number of para-hydroxylation sites is 2. The van der Waals surface area contributed by atoms with E-state index in [4.69, 9.17) is 4.99 Å². The van der Waals surface area contributed by atoms with Crippen LogP contribution in [0.4, 0.5) is 11.4 Å². The summed E-state index contributed by atoms with van der Waals surface area (Å²) in [5, 5.41) is 10.1. The Morgan fingerprint density at radius 1 is 0.500 bits per heavy atom. The lowest BCUT2D eigenvalue weighted by atomic mass is 9.90. The summed E-state index contributed by atoms with van der Waals surface area (Å²) in [4.78, 5) is 7.86. The molecule has 4 unspecified atom stereocenters. The predicted molar refractivity (Wildman–Crippen MR) is 231 cm³/mol. The number of nitrogens with one attached hydrogen (secondary N) is 2. The molecule has 1 aliphatic carbocycles. The van der Waals surface area contributed by atoms with E-state index < -0.39 is 0 Å². The molecule has 4 atom stereocenters.